The van der Waals surface area contributed by atoms with E-state index >= 15 is 0 Å². The van der Waals surface area contributed by atoms with E-state index in [1.165, 1.54) is 5.56 Å². The minimum Gasteiger partial charge on any atom is -0.289 e. The molecule has 1 unspecified atom stereocenters. The molecule has 102 valence electrons. The fraction of sp³-hybridized carbons (Fsp3) is 0.467. The summed E-state index contributed by atoms with van der Waals surface area (Å²) in [7, 11) is 0. The largest absolute Gasteiger partial charge is 0.289 e. The second-order valence-corrected chi connectivity index (χ2v) is 4.89. The Hall–Kier alpha value is -1.68. The summed E-state index contributed by atoms with van der Waals surface area (Å²) in [6, 6.07) is 11.0. The fourth-order valence-corrected chi connectivity index (χ4v) is 2.28. The van der Waals surface area contributed by atoms with Gasteiger partial charge < -0.3 is 0 Å². The molecule has 0 aliphatic rings. The van der Waals surface area contributed by atoms with Crippen molar-refractivity contribution >= 4 is 0 Å². The third-order valence-corrected chi connectivity index (χ3v) is 3.33. The average molecular weight is 258 g/mol. The summed E-state index contributed by atoms with van der Waals surface area (Å²) < 4.78 is 0. The Kier molecular flexibility index (Phi) is 4.68. The molecule has 0 spiro atoms. The van der Waals surface area contributed by atoms with Crippen molar-refractivity contribution in [1.29, 1.82) is 0 Å². The van der Waals surface area contributed by atoms with E-state index in [-0.39, 0.29) is 0 Å². The van der Waals surface area contributed by atoms with Gasteiger partial charge in [-0.05, 0) is 32.4 Å². The molecule has 0 radical (unpaired) electrons. The van der Waals surface area contributed by atoms with Gasteiger partial charge in [0.05, 0.1) is 6.54 Å². The fourth-order valence-electron chi connectivity index (χ4n) is 2.28. The molecule has 1 heterocycles. The Balaban J connectivity index is 2.11. The number of nitrogens with zero attached hydrogens (tertiary/aromatic N) is 3. The predicted molar refractivity (Wildman–Crippen MR) is 76.7 cm³/mol. The molecule has 0 aliphatic carbocycles. The van der Waals surface area contributed by atoms with Crippen molar-refractivity contribution < 1.29 is 0 Å². The zero-order valence-electron chi connectivity index (χ0n) is 11.9. The SMILES string of the molecule is CCCN(Cc1n[nH]c(C)n1)C(C)c1ccccc1. The van der Waals surface area contributed by atoms with Crippen LogP contribution in [0.2, 0.25) is 0 Å². The Morgan fingerprint density at radius 1 is 1.26 bits per heavy atom. The summed E-state index contributed by atoms with van der Waals surface area (Å²) in [4.78, 5) is 6.82. The van der Waals surface area contributed by atoms with Crippen molar-refractivity contribution in [3.05, 3.63) is 47.5 Å². The van der Waals surface area contributed by atoms with Crippen LogP contribution in [0.1, 0.15) is 43.5 Å². The van der Waals surface area contributed by atoms with Crippen molar-refractivity contribution in [3.63, 3.8) is 0 Å². The van der Waals surface area contributed by atoms with Gasteiger partial charge in [-0.2, -0.15) is 5.10 Å². The standard InChI is InChI=1S/C15H22N4/c1-4-10-19(11-15-16-13(3)17-18-15)12(2)14-8-6-5-7-9-14/h5-9,12H,4,10-11H2,1-3H3,(H,16,17,18). The molecule has 0 aliphatic heterocycles. The molecule has 0 bridgehead atoms. The molecule has 0 fully saturated rings. The first-order chi connectivity index (χ1) is 9.20. The summed E-state index contributed by atoms with van der Waals surface area (Å²) in [6.45, 7) is 8.21. The number of rotatable bonds is 6. The number of aromatic amines is 1. The Morgan fingerprint density at radius 2 is 2.00 bits per heavy atom. The number of benzene rings is 1. The first kappa shape index (κ1) is 13.7. The number of hydrogen-bond donors (Lipinski definition) is 1. The lowest BCUT2D eigenvalue weighted by Crippen LogP contribution is -2.28. The maximum absolute atomic E-state index is 4.40. The van der Waals surface area contributed by atoms with Crippen LogP contribution >= 0.6 is 0 Å². The van der Waals surface area contributed by atoms with Gasteiger partial charge in [-0.3, -0.25) is 10.00 Å². The summed E-state index contributed by atoms with van der Waals surface area (Å²) >= 11 is 0. The second kappa shape index (κ2) is 6.48. The van der Waals surface area contributed by atoms with Crippen LogP contribution in [0.4, 0.5) is 0 Å². The van der Waals surface area contributed by atoms with Crippen molar-refractivity contribution in [2.75, 3.05) is 6.54 Å². The van der Waals surface area contributed by atoms with E-state index in [2.05, 4.69) is 64.3 Å². The van der Waals surface area contributed by atoms with E-state index in [1.807, 2.05) is 6.92 Å². The number of nitrogens with one attached hydrogen (secondary N) is 1. The first-order valence-corrected chi connectivity index (χ1v) is 6.87. The molecule has 2 rings (SSSR count). The van der Waals surface area contributed by atoms with Gasteiger partial charge in [0, 0.05) is 6.04 Å². The average Bonchev–Trinajstić information content (AvgIpc) is 2.84. The molecule has 1 aromatic heterocycles. The van der Waals surface area contributed by atoms with Gasteiger partial charge in [0.25, 0.3) is 0 Å². The summed E-state index contributed by atoms with van der Waals surface area (Å²) in [5.74, 6) is 1.74. The first-order valence-electron chi connectivity index (χ1n) is 6.87. The lowest BCUT2D eigenvalue weighted by Gasteiger charge is -2.28. The molecule has 4 heteroatoms. The highest BCUT2D eigenvalue weighted by atomic mass is 15.3. The van der Waals surface area contributed by atoms with Gasteiger partial charge in [0.2, 0.25) is 0 Å². The highest BCUT2D eigenvalue weighted by molar-refractivity contribution is 5.18. The summed E-state index contributed by atoms with van der Waals surface area (Å²) in [6.07, 6.45) is 1.13. The molecule has 1 aromatic carbocycles. The molecule has 0 saturated carbocycles. The highest BCUT2D eigenvalue weighted by Crippen LogP contribution is 2.21. The van der Waals surface area contributed by atoms with Crippen LogP contribution in [0.15, 0.2) is 30.3 Å². The number of hydrogen-bond acceptors (Lipinski definition) is 3. The summed E-state index contributed by atoms with van der Waals surface area (Å²) in [5.41, 5.74) is 1.34. The smallest absolute Gasteiger partial charge is 0.164 e. The molecule has 0 amide bonds. The van der Waals surface area contributed by atoms with Crippen LogP contribution in [0.3, 0.4) is 0 Å². The molecule has 0 saturated heterocycles. The van der Waals surface area contributed by atoms with E-state index in [4.69, 9.17) is 0 Å². The minimum atomic E-state index is 0.375. The van der Waals surface area contributed by atoms with E-state index in [0.29, 0.717) is 6.04 Å². The van der Waals surface area contributed by atoms with Gasteiger partial charge in [0.15, 0.2) is 5.82 Å². The van der Waals surface area contributed by atoms with Gasteiger partial charge in [-0.1, -0.05) is 37.3 Å². The normalized spacial score (nSPS) is 12.8. The van der Waals surface area contributed by atoms with Crippen LogP contribution in [0.25, 0.3) is 0 Å². The maximum atomic E-state index is 4.40. The minimum absolute atomic E-state index is 0.375. The maximum Gasteiger partial charge on any atom is 0.164 e. The molecular weight excluding hydrogens is 236 g/mol. The van der Waals surface area contributed by atoms with E-state index in [1.54, 1.807) is 0 Å². The van der Waals surface area contributed by atoms with Crippen molar-refractivity contribution in [2.24, 2.45) is 0 Å². The zero-order valence-corrected chi connectivity index (χ0v) is 11.9. The van der Waals surface area contributed by atoms with Crippen molar-refractivity contribution in [3.8, 4) is 0 Å². The second-order valence-electron chi connectivity index (χ2n) is 4.89. The third-order valence-electron chi connectivity index (χ3n) is 3.33. The van der Waals surface area contributed by atoms with Crippen LogP contribution in [0.5, 0.6) is 0 Å². The van der Waals surface area contributed by atoms with Crippen molar-refractivity contribution in [1.82, 2.24) is 20.1 Å². The highest BCUT2D eigenvalue weighted by Gasteiger charge is 2.16. The van der Waals surface area contributed by atoms with E-state index < -0.39 is 0 Å². The van der Waals surface area contributed by atoms with Crippen LogP contribution < -0.4 is 0 Å². The lowest BCUT2D eigenvalue weighted by atomic mass is 10.1. The van der Waals surface area contributed by atoms with Crippen molar-refractivity contribution in [2.45, 2.75) is 39.8 Å². The Morgan fingerprint density at radius 3 is 2.58 bits per heavy atom. The molecule has 1 N–H and O–H groups in total. The van der Waals surface area contributed by atoms with Crippen LogP contribution in [-0.4, -0.2) is 26.6 Å². The molecule has 4 nitrogen and oxygen atoms in total. The lowest BCUT2D eigenvalue weighted by molar-refractivity contribution is 0.197. The quantitative estimate of drug-likeness (QED) is 0.866. The summed E-state index contributed by atoms with van der Waals surface area (Å²) in [5, 5.41) is 7.14. The monoisotopic (exact) mass is 258 g/mol. The zero-order chi connectivity index (χ0) is 13.7. The third kappa shape index (κ3) is 3.64. The molecule has 19 heavy (non-hydrogen) atoms. The topological polar surface area (TPSA) is 44.8 Å². The number of aryl methyl sites for hydroxylation is 1. The van der Waals surface area contributed by atoms with Gasteiger partial charge in [-0.25, -0.2) is 4.98 Å². The molecular formula is C15H22N4. The van der Waals surface area contributed by atoms with E-state index in [9.17, 15) is 0 Å². The predicted octanol–water partition coefficient (Wildman–Crippen LogP) is 3.09. The van der Waals surface area contributed by atoms with Crippen LogP contribution in [0, 0.1) is 6.92 Å². The Bertz CT molecular complexity index is 492. The van der Waals surface area contributed by atoms with Gasteiger partial charge >= 0.3 is 0 Å². The molecule has 2 aromatic rings. The van der Waals surface area contributed by atoms with Crippen LogP contribution in [-0.2, 0) is 6.54 Å². The van der Waals surface area contributed by atoms with E-state index in [0.717, 1.165) is 31.2 Å². The number of H-pyrrole nitrogens is 1. The Labute approximate surface area is 114 Å². The number of aromatic nitrogens is 3. The molecule has 1 atom stereocenters. The van der Waals surface area contributed by atoms with Gasteiger partial charge in [0.1, 0.15) is 5.82 Å². The van der Waals surface area contributed by atoms with Gasteiger partial charge in [-0.15, -0.1) is 0 Å².